The van der Waals surface area contributed by atoms with Gasteiger partial charge in [-0.2, -0.15) is 0 Å². The van der Waals surface area contributed by atoms with Crippen LogP contribution in [-0.2, 0) is 0 Å². The molecule has 0 saturated carbocycles. The molecule has 2 aromatic carbocycles. The van der Waals surface area contributed by atoms with Crippen molar-refractivity contribution in [1.82, 2.24) is 10.2 Å². The maximum absolute atomic E-state index is 12.3. The molecule has 5 nitrogen and oxygen atoms in total. The fourth-order valence-corrected chi connectivity index (χ4v) is 3.15. The lowest BCUT2D eigenvalue weighted by molar-refractivity contribution is 0.102. The number of methoxy groups -OCH3 is 1. The van der Waals surface area contributed by atoms with Gasteiger partial charge in [0.05, 0.1) is 12.7 Å². The second-order valence-corrected chi connectivity index (χ2v) is 6.85. The highest BCUT2D eigenvalue weighted by Gasteiger charge is 2.11. The lowest BCUT2D eigenvalue weighted by atomic mass is 10.2. The van der Waals surface area contributed by atoms with Crippen LogP contribution < -0.4 is 10.1 Å². The highest BCUT2D eigenvalue weighted by atomic mass is 79.9. The number of carbonyl (C=O) groups excluding carboxylic acids is 1. The first-order valence-electron chi connectivity index (χ1n) is 7.37. The van der Waals surface area contributed by atoms with Crippen LogP contribution in [-0.4, -0.2) is 23.2 Å². The molecule has 0 spiro atoms. The number of hydrogen-bond donors (Lipinski definition) is 1. The zero-order valence-electron chi connectivity index (χ0n) is 13.3. The molecule has 1 heterocycles. The highest BCUT2D eigenvalue weighted by molar-refractivity contribution is 9.10. The second-order valence-electron chi connectivity index (χ2n) is 4.99. The molecule has 0 saturated heterocycles. The smallest absolute Gasteiger partial charge is 0.258 e. The molecular formula is C18H14BrN3O2S. The van der Waals surface area contributed by atoms with Crippen LogP contribution in [0, 0.1) is 0 Å². The molecule has 1 aromatic heterocycles. The molecule has 3 rings (SSSR count). The van der Waals surface area contributed by atoms with E-state index in [0.29, 0.717) is 15.7 Å². The average molecular weight is 416 g/mol. The third-order valence-corrected chi connectivity index (χ3v) is 4.81. The fraction of sp³-hybridized carbons (Fsp3) is 0.0556. The van der Waals surface area contributed by atoms with Crippen LogP contribution in [0.5, 0.6) is 5.75 Å². The zero-order valence-corrected chi connectivity index (χ0v) is 15.7. The van der Waals surface area contributed by atoms with E-state index in [-0.39, 0.29) is 5.91 Å². The lowest BCUT2D eigenvalue weighted by Gasteiger charge is -2.02. The van der Waals surface area contributed by atoms with Crippen molar-refractivity contribution in [2.24, 2.45) is 0 Å². The van der Waals surface area contributed by atoms with E-state index in [1.54, 1.807) is 13.2 Å². The van der Waals surface area contributed by atoms with E-state index < -0.39 is 0 Å². The minimum Gasteiger partial charge on any atom is -0.497 e. The SMILES string of the molecule is COc1ccc(/C=C/c2nnc(NC(=O)c3ccccc3Br)s2)cc1. The van der Waals surface area contributed by atoms with Gasteiger partial charge >= 0.3 is 0 Å². The van der Waals surface area contributed by atoms with Gasteiger partial charge in [0, 0.05) is 4.47 Å². The monoisotopic (exact) mass is 415 g/mol. The van der Waals surface area contributed by atoms with Crippen LogP contribution in [0.1, 0.15) is 20.9 Å². The van der Waals surface area contributed by atoms with Gasteiger partial charge in [-0.3, -0.25) is 10.1 Å². The van der Waals surface area contributed by atoms with E-state index in [1.807, 2.05) is 54.6 Å². The predicted molar refractivity (Wildman–Crippen MR) is 104 cm³/mol. The molecule has 0 aliphatic rings. The molecule has 25 heavy (non-hydrogen) atoms. The number of nitrogens with zero attached hydrogens (tertiary/aromatic N) is 2. The maximum atomic E-state index is 12.3. The Morgan fingerprint density at radius 1 is 1.12 bits per heavy atom. The maximum Gasteiger partial charge on any atom is 0.258 e. The lowest BCUT2D eigenvalue weighted by Crippen LogP contribution is -2.12. The Labute approximate surface area is 157 Å². The van der Waals surface area contributed by atoms with Gasteiger partial charge in [-0.1, -0.05) is 41.7 Å². The fourth-order valence-electron chi connectivity index (χ4n) is 2.04. The molecule has 0 fully saturated rings. The number of benzene rings is 2. The predicted octanol–water partition coefficient (Wildman–Crippen LogP) is 4.73. The summed E-state index contributed by atoms with van der Waals surface area (Å²) in [6.07, 6.45) is 3.78. The summed E-state index contributed by atoms with van der Waals surface area (Å²) >= 11 is 4.67. The molecular weight excluding hydrogens is 402 g/mol. The molecule has 0 unspecified atom stereocenters. The van der Waals surface area contributed by atoms with Gasteiger partial charge in [-0.05, 0) is 51.8 Å². The van der Waals surface area contributed by atoms with Crippen LogP contribution in [0.15, 0.2) is 53.0 Å². The standard InChI is InChI=1S/C18H14BrN3O2S/c1-24-13-9-6-12(7-10-13)8-11-16-21-22-18(25-16)20-17(23)14-4-2-3-5-15(14)19/h2-11H,1H3,(H,20,22,23)/b11-8+. The Balaban J connectivity index is 1.66. The molecule has 1 amide bonds. The highest BCUT2D eigenvalue weighted by Crippen LogP contribution is 2.21. The summed E-state index contributed by atoms with van der Waals surface area (Å²) in [5.41, 5.74) is 1.57. The third-order valence-electron chi connectivity index (χ3n) is 3.31. The Kier molecular flexibility index (Phi) is 5.57. The number of ether oxygens (including phenoxy) is 1. The van der Waals surface area contributed by atoms with Crippen LogP contribution in [0.2, 0.25) is 0 Å². The summed E-state index contributed by atoms with van der Waals surface area (Å²) in [7, 11) is 1.63. The molecule has 126 valence electrons. The van der Waals surface area contributed by atoms with Gasteiger partial charge in [-0.25, -0.2) is 0 Å². The summed E-state index contributed by atoms with van der Waals surface area (Å²) in [4.78, 5) is 12.3. The van der Waals surface area contributed by atoms with Gasteiger partial charge < -0.3 is 4.74 Å². The minimum absolute atomic E-state index is 0.227. The first-order chi connectivity index (χ1) is 12.2. The molecule has 0 aliphatic heterocycles. The van der Waals surface area contributed by atoms with E-state index >= 15 is 0 Å². The van der Waals surface area contributed by atoms with Crippen molar-refractivity contribution in [3.63, 3.8) is 0 Å². The third kappa shape index (κ3) is 4.52. The Hall–Kier alpha value is -2.51. The molecule has 0 aliphatic carbocycles. The van der Waals surface area contributed by atoms with E-state index in [1.165, 1.54) is 11.3 Å². The van der Waals surface area contributed by atoms with Gasteiger partial charge in [0.2, 0.25) is 5.13 Å². The number of amides is 1. The largest absolute Gasteiger partial charge is 0.497 e. The molecule has 0 radical (unpaired) electrons. The number of carbonyl (C=O) groups is 1. The topological polar surface area (TPSA) is 64.1 Å². The quantitative estimate of drug-likeness (QED) is 0.653. The van der Waals surface area contributed by atoms with Gasteiger partial charge in [0.1, 0.15) is 10.8 Å². The van der Waals surface area contributed by atoms with Crippen LogP contribution >= 0.6 is 27.3 Å². The first-order valence-corrected chi connectivity index (χ1v) is 8.98. The second kappa shape index (κ2) is 8.04. The molecule has 7 heteroatoms. The van der Waals surface area contributed by atoms with Crippen molar-refractivity contribution in [2.45, 2.75) is 0 Å². The summed E-state index contributed by atoms with van der Waals surface area (Å²) in [6.45, 7) is 0. The zero-order chi connectivity index (χ0) is 17.6. The van der Waals surface area contributed by atoms with E-state index in [9.17, 15) is 4.79 Å². The normalized spacial score (nSPS) is 10.8. The summed E-state index contributed by atoms with van der Waals surface area (Å²) in [5, 5.41) is 12.0. The van der Waals surface area contributed by atoms with Crippen LogP contribution in [0.4, 0.5) is 5.13 Å². The van der Waals surface area contributed by atoms with Gasteiger partial charge in [0.25, 0.3) is 5.91 Å². The summed E-state index contributed by atoms with van der Waals surface area (Å²) < 4.78 is 5.86. The van der Waals surface area contributed by atoms with Gasteiger partial charge in [0.15, 0.2) is 0 Å². The van der Waals surface area contributed by atoms with Crippen LogP contribution in [0.25, 0.3) is 12.2 Å². The number of rotatable bonds is 5. The van der Waals surface area contributed by atoms with E-state index in [4.69, 9.17) is 4.74 Å². The number of halogens is 1. The Morgan fingerprint density at radius 3 is 2.60 bits per heavy atom. The summed E-state index contributed by atoms with van der Waals surface area (Å²) in [6, 6.07) is 14.9. The van der Waals surface area contributed by atoms with Crippen molar-refractivity contribution in [3.8, 4) is 5.75 Å². The first kappa shape index (κ1) is 17.3. The Morgan fingerprint density at radius 2 is 1.88 bits per heavy atom. The number of aromatic nitrogens is 2. The van der Waals surface area contributed by atoms with Crippen molar-refractivity contribution in [3.05, 3.63) is 69.1 Å². The molecule has 1 N–H and O–H groups in total. The number of anilines is 1. The van der Waals surface area contributed by atoms with Crippen molar-refractivity contribution >= 4 is 50.5 Å². The summed E-state index contributed by atoms with van der Waals surface area (Å²) in [5.74, 6) is 0.583. The number of nitrogens with one attached hydrogen (secondary N) is 1. The van der Waals surface area contributed by atoms with E-state index in [0.717, 1.165) is 15.8 Å². The van der Waals surface area contributed by atoms with E-state index in [2.05, 4.69) is 31.4 Å². The Bertz CT molecular complexity index is 907. The van der Waals surface area contributed by atoms with Gasteiger partial charge in [-0.15, -0.1) is 10.2 Å². The molecule has 0 atom stereocenters. The van der Waals surface area contributed by atoms with Crippen LogP contribution in [0.3, 0.4) is 0 Å². The molecule has 0 bridgehead atoms. The molecule has 3 aromatic rings. The van der Waals surface area contributed by atoms with Crippen molar-refractivity contribution in [2.75, 3.05) is 12.4 Å². The minimum atomic E-state index is -0.227. The number of hydrogen-bond acceptors (Lipinski definition) is 5. The van der Waals surface area contributed by atoms with Crippen molar-refractivity contribution in [1.29, 1.82) is 0 Å². The van der Waals surface area contributed by atoms with Crippen molar-refractivity contribution < 1.29 is 9.53 Å². The average Bonchev–Trinajstić information content (AvgIpc) is 3.08.